The third kappa shape index (κ3) is 1.15. The smallest absolute Gasteiger partial charge is 0.100 e. The second kappa shape index (κ2) is 2.24. The van der Waals surface area contributed by atoms with Gasteiger partial charge < -0.3 is 4.74 Å². The van der Waals surface area contributed by atoms with Crippen LogP contribution in [-0.4, -0.2) is 17.6 Å². The van der Waals surface area contributed by atoms with Crippen LogP contribution in [0.1, 0.15) is 20.3 Å². The molecular formula is C6H11ClO. The summed E-state index contributed by atoms with van der Waals surface area (Å²) in [7, 11) is 0. The van der Waals surface area contributed by atoms with Gasteiger partial charge in [0.25, 0.3) is 0 Å². The molecule has 0 aromatic rings. The van der Waals surface area contributed by atoms with Crippen molar-refractivity contribution < 1.29 is 4.74 Å². The highest BCUT2D eigenvalue weighted by molar-refractivity contribution is 6.21. The number of rotatable bonds is 2. The minimum atomic E-state index is 0.241. The lowest BCUT2D eigenvalue weighted by Gasteiger charge is -1.97. The maximum atomic E-state index is 5.83. The van der Waals surface area contributed by atoms with Gasteiger partial charge >= 0.3 is 0 Å². The second-order valence-corrected chi connectivity index (χ2v) is 2.79. The Kier molecular flexibility index (Phi) is 1.78. The van der Waals surface area contributed by atoms with Crippen molar-refractivity contribution in [3.63, 3.8) is 0 Å². The van der Waals surface area contributed by atoms with Crippen molar-refractivity contribution in [3.8, 4) is 0 Å². The number of hydrogen-bond acceptors (Lipinski definition) is 1. The van der Waals surface area contributed by atoms with E-state index in [9.17, 15) is 0 Å². The first kappa shape index (κ1) is 6.37. The van der Waals surface area contributed by atoms with Crippen LogP contribution in [0.2, 0.25) is 0 Å². The van der Waals surface area contributed by atoms with Gasteiger partial charge in [-0.05, 0) is 13.3 Å². The van der Waals surface area contributed by atoms with E-state index in [1.165, 1.54) is 0 Å². The number of halogens is 1. The van der Waals surface area contributed by atoms with Crippen LogP contribution in [0, 0.1) is 0 Å². The maximum Gasteiger partial charge on any atom is 0.100 e. The highest BCUT2D eigenvalue weighted by Crippen LogP contribution is 2.29. The molecule has 0 aliphatic carbocycles. The minimum absolute atomic E-state index is 0.241. The number of epoxide rings is 1. The Bertz CT molecular complexity index is 82.6. The zero-order chi connectivity index (χ0) is 6.15. The lowest BCUT2D eigenvalue weighted by Crippen LogP contribution is -2.06. The summed E-state index contributed by atoms with van der Waals surface area (Å²) in [5, 5.41) is 0.241. The van der Waals surface area contributed by atoms with Crippen LogP contribution in [0.3, 0.4) is 0 Å². The number of ether oxygens (including phenoxy) is 1. The van der Waals surface area contributed by atoms with Crippen molar-refractivity contribution in [1.29, 1.82) is 0 Å². The van der Waals surface area contributed by atoms with Crippen LogP contribution >= 0.6 is 11.6 Å². The highest BCUT2D eigenvalue weighted by atomic mass is 35.5. The zero-order valence-corrected chi connectivity index (χ0v) is 5.98. The van der Waals surface area contributed by atoms with Crippen molar-refractivity contribution in [3.05, 3.63) is 0 Å². The molecule has 0 aromatic carbocycles. The number of alkyl halides is 1. The lowest BCUT2D eigenvalue weighted by molar-refractivity contribution is 0.371. The standard InChI is InChI=1S/C6H11ClO/c1-3-5(7)6-4(2)8-6/h4-6H,3H2,1-2H3. The lowest BCUT2D eigenvalue weighted by atomic mass is 10.2. The van der Waals surface area contributed by atoms with Gasteiger partial charge in [-0.15, -0.1) is 11.6 Å². The average molecular weight is 135 g/mol. The van der Waals surface area contributed by atoms with E-state index < -0.39 is 0 Å². The van der Waals surface area contributed by atoms with E-state index in [4.69, 9.17) is 16.3 Å². The first-order valence-electron chi connectivity index (χ1n) is 3.05. The van der Waals surface area contributed by atoms with E-state index in [1.54, 1.807) is 0 Å². The SMILES string of the molecule is CCC(Cl)C1OC1C. The normalized spacial score (nSPS) is 39.4. The van der Waals surface area contributed by atoms with Gasteiger partial charge in [-0.2, -0.15) is 0 Å². The van der Waals surface area contributed by atoms with Gasteiger partial charge in [-0.25, -0.2) is 0 Å². The molecule has 1 aliphatic heterocycles. The van der Waals surface area contributed by atoms with Crippen LogP contribution < -0.4 is 0 Å². The van der Waals surface area contributed by atoms with Crippen LogP contribution in [0.4, 0.5) is 0 Å². The maximum absolute atomic E-state index is 5.83. The molecule has 0 saturated carbocycles. The molecule has 0 radical (unpaired) electrons. The van der Waals surface area contributed by atoms with Crippen molar-refractivity contribution in [2.24, 2.45) is 0 Å². The predicted molar refractivity (Wildman–Crippen MR) is 34.3 cm³/mol. The van der Waals surface area contributed by atoms with Gasteiger partial charge in [0.2, 0.25) is 0 Å². The summed E-state index contributed by atoms with van der Waals surface area (Å²) in [4.78, 5) is 0. The molecule has 1 saturated heterocycles. The highest BCUT2D eigenvalue weighted by Gasteiger charge is 2.39. The van der Waals surface area contributed by atoms with Gasteiger partial charge in [0.1, 0.15) is 6.10 Å². The summed E-state index contributed by atoms with van der Waals surface area (Å²) in [6.07, 6.45) is 1.77. The Labute approximate surface area is 55.0 Å². The Balaban J connectivity index is 2.18. The molecule has 1 aliphatic rings. The molecule has 1 rings (SSSR count). The summed E-state index contributed by atoms with van der Waals surface area (Å²) in [5.41, 5.74) is 0. The van der Waals surface area contributed by atoms with E-state index in [2.05, 4.69) is 13.8 Å². The quantitative estimate of drug-likeness (QED) is 0.415. The molecule has 0 spiro atoms. The van der Waals surface area contributed by atoms with Gasteiger partial charge in [-0.3, -0.25) is 0 Å². The van der Waals surface area contributed by atoms with Gasteiger partial charge in [0.05, 0.1) is 11.5 Å². The van der Waals surface area contributed by atoms with Crippen LogP contribution in [0.15, 0.2) is 0 Å². The molecule has 0 amide bonds. The van der Waals surface area contributed by atoms with E-state index in [1.807, 2.05) is 0 Å². The minimum Gasteiger partial charge on any atom is -0.368 e. The second-order valence-electron chi connectivity index (χ2n) is 2.23. The number of hydrogen-bond donors (Lipinski definition) is 0. The summed E-state index contributed by atoms with van der Waals surface area (Å²) in [5.74, 6) is 0. The third-order valence-electron chi connectivity index (χ3n) is 1.50. The first-order valence-corrected chi connectivity index (χ1v) is 3.49. The fourth-order valence-electron chi connectivity index (χ4n) is 0.814. The van der Waals surface area contributed by atoms with Crippen molar-refractivity contribution in [2.45, 2.75) is 37.9 Å². The van der Waals surface area contributed by atoms with E-state index in [0.717, 1.165) is 6.42 Å². The van der Waals surface area contributed by atoms with Crippen molar-refractivity contribution in [2.75, 3.05) is 0 Å². The fraction of sp³-hybridized carbons (Fsp3) is 1.00. The zero-order valence-electron chi connectivity index (χ0n) is 5.23. The molecule has 0 N–H and O–H groups in total. The van der Waals surface area contributed by atoms with E-state index in [-0.39, 0.29) is 5.38 Å². The molecule has 1 nitrogen and oxygen atoms in total. The molecule has 3 unspecified atom stereocenters. The summed E-state index contributed by atoms with van der Waals surface area (Å²) in [6.45, 7) is 4.13. The average Bonchev–Trinajstić information content (AvgIpc) is 2.45. The van der Waals surface area contributed by atoms with Crippen molar-refractivity contribution in [1.82, 2.24) is 0 Å². The molecule has 1 heterocycles. The molecular weight excluding hydrogens is 124 g/mol. The predicted octanol–water partition coefficient (Wildman–Crippen LogP) is 1.79. The van der Waals surface area contributed by atoms with Gasteiger partial charge in [-0.1, -0.05) is 6.92 Å². The largest absolute Gasteiger partial charge is 0.368 e. The molecule has 0 bridgehead atoms. The molecule has 3 atom stereocenters. The third-order valence-corrected chi connectivity index (χ3v) is 2.06. The van der Waals surface area contributed by atoms with E-state index in [0.29, 0.717) is 12.2 Å². The van der Waals surface area contributed by atoms with Crippen LogP contribution in [0.5, 0.6) is 0 Å². The molecule has 8 heavy (non-hydrogen) atoms. The molecule has 48 valence electrons. The monoisotopic (exact) mass is 134 g/mol. The van der Waals surface area contributed by atoms with E-state index >= 15 is 0 Å². The van der Waals surface area contributed by atoms with Gasteiger partial charge in [0, 0.05) is 0 Å². The first-order chi connectivity index (χ1) is 3.75. The Morgan fingerprint density at radius 3 is 2.38 bits per heavy atom. The molecule has 1 fully saturated rings. The summed E-state index contributed by atoms with van der Waals surface area (Å²) in [6, 6.07) is 0. The Hall–Kier alpha value is 0.250. The van der Waals surface area contributed by atoms with Crippen LogP contribution in [-0.2, 0) is 4.74 Å². The summed E-state index contributed by atoms with van der Waals surface area (Å²) >= 11 is 5.83. The molecule has 2 heteroatoms. The fourth-order valence-corrected chi connectivity index (χ4v) is 1.08. The van der Waals surface area contributed by atoms with Gasteiger partial charge in [0.15, 0.2) is 0 Å². The Morgan fingerprint density at radius 1 is 1.75 bits per heavy atom. The van der Waals surface area contributed by atoms with Crippen molar-refractivity contribution >= 4 is 11.6 Å². The Morgan fingerprint density at radius 2 is 2.25 bits per heavy atom. The topological polar surface area (TPSA) is 12.5 Å². The molecule has 0 aromatic heterocycles. The summed E-state index contributed by atoms with van der Waals surface area (Å²) < 4.78 is 5.14. The van der Waals surface area contributed by atoms with Crippen LogP contribution in [0.25, 0.3) is 0 Å².